The molecule has 3 heterocycles. The number of hydrogen-bond acceptors (Lipinski definition) is 5. The molecule has 32 heavy (non-hydrogen) atoms. The molecule has 0 saturated carbocycles. The number of halogens is 1. The summed E-state index contributed by atoms with van der Waals surface area (Å²) in [6.07, 6.45) is 0.944. The predicted octanol–water partition coefficient (Wildman–Crippen LogP) is 1.69. The number of carbonyl (C=O) groups excluding carboxylic acids is 2. The van der Waals surface area contributed by atoms with Gasteiger partial charge in [0.15, 0.2) is 0 Å². The summed E-state index contributed by atoms with van der Waals surface area (Å²) < 4.78 is 19.0. The molecule has 0 radical (unpaired) electrons. The Morgan fingerprint density at radius 3 is 2.84 bits per heavy atom. The lowest BCUT2D eigenvalue weighted by molar-refractivity contribution is -0.110. The molecule has 1 saturated heterocycles. The van der Waals surface area contributed by atoms with Gasteiger partial charge in [-0.15, -0.1) is 0 Å². The van der Waals surface area contributed by atoms with E-state index in [0.717, 1.165) is 13.1 Å². The second-order valence-corrected chi connectivity index (χ2v) is 8.14. The zero-order valence-electron chi connectivity index (χ0n) is 18.1. The van der Waals surface area contributed by atoms with E-state index in [1.807, 2.05) is 0 Å². The van der Waals surface area contributed by atoms with Gasteiger partial charge in [0.05, 0.1) is 30.5 Å². The molecule has 1 fully saturated rings. The molecular formula is C23H27FN4O4. The van der Waals surface area contributed by atoms with Crippen LogP contribution in [-0.4, -0.2) is 72.3 Å². The Morgan fingerprint density at radius 2 is 2.09 bits per heavy atom. The third-order valence-electron chi connectivity index (χ3n) is 5.83. The molecule has 2 aliphatic heterocycles. The maximum absolute atomic E-state index is 13.7. The lowest BCUT2D eigenvalue weighted by atomic mass is 10.0. The van der Waals surface area contributed by atoms with Gasteiger partial charge in [-0.05, 0) is 43.7 Å². The molecule has 0 spiro atoms. The summed E-state index contributed by atoms with van der Waals surface area (Å²) in [6, 6.07) is 4.13. The van der Waals surface area contributed by atoms with Crippen LogP contribution >= 0.6 is 0 Å². The lowest BCUT2D eigenvalue weighted by Crippen LogP contribution is -2.44. The van der Waals surface area contributed by atoms with Crippen molar-refractivity contribution in [2.24, 2.45) is 0 Å². The fourth-order valence-corrected chi connectivity index (χ4v) is 4.15. The van der Waals surface area contributed by atoms with Crippen LogP contribution < -0.4 is 10.6 Å². The Kier molecular flexibility index (Phi) is 6.40. The van der Waals surface area contributed by atoms with E-state index in [9.17, 15) is 19.1 Å². The molecule has 9 heteroatoms. The zero-order valence-corrected chi connectivity index (χ0v) is 18.1. The fraction of sp³-hybridized carbons (Fsp3) is 0.391. The van der Waals surface area contributed by atoms with Crippen molar-refractivity contribution in [3.8, 4) is 0 Å². The second kappa shape index (κ2) is 9.23. The number of carbonyl (C=O) groups is 2. The molecule has 0 aliphatic carbocycles. The Bertz CT molecular complexity index is 1070. The van der Waals surface area contributed by atoms with Gasteiger partial charge in [0.2, 0.25) is 0 Å². The van der Waals surface area contributed by atoms with E-state index in [1.54, 1.807) is 19.9 Å². The van der Waals surface area contributed by atoms with Gasteiger partial charge in [0, 0.05) is 48.8 Å². The Labute approximate surface area is 185 Å². The topological polar surface area (TPSA) is 107 Å². The van der Waals surface area contributed by atoms with E-state index in [0.29, 0.717) is 59.1 Å². The predicted molar refractivity (Wildman–Crippen MR) is 119 cm³/mol. The van der Waals surface area contributed by atoms with Crippen molar-refractivity contribution >= 4 is 29.2 Å². The first-order valence-electron chi connectivity index (χ1n) is 10.6. The lowest BCUT2D eigenvalue weighted by Gasteiger charge is -2.28. The van der Waals surface area contributed by atoms with Gasteiger partial charge in [-0.25, -0.2) is 4.39 Å². The number of aromatic amines is 1. The molecule has 4 rings (SSSR count). The summed E-state index contributed by atoms with van der Waals surface area (Å²) in [6.45, 7) is 6.98. The normalized spacial score (nSPS) is 18.5. The number of aryl methyl sites for hydroxylation is 1. The number of H-pyrrole nitrogens is 1. The van der Waals surface area contributed by atoms with E-state index in [-0.39, 0.29) is 18.4 Å². The molecule has 0 unspecified atom stereocenters. The highest BCUT2D eigenvalue weighted by molar-refractivity contribution is 6.34. The van der Waals surface area contributed by atoms with Crippen molar-refractivity contribution in [1.29, 1.82) is 0 Å². The number of aromatic nitrogens is 1. The Morgan fingerprint density at radius 1 is 1.34 bits per heavy atom. The molecule has 2 aromatic rings. The van der Waals surface area contributed by atoms with E-state index in [4.69, 9.17) is 4.74 Å². The minimum Gasteiger partial charge on any atom is -0.390 e. The minimum absolute atomic E-state index is 0.131. The number of ether oxygens (including phenoxy) is 1. The first-order valence-corrected chi connectivity index (χ1v) is 10.6. The highest BCUT2D eigenvalue weighted by Crippen LogP contribution is 2.34. The maximum atomic E-state index is 13.7. The van der Waals surface area contributed by atoms with Crippen LogP contribution in [0.1, 0.15) is 32.9 Å². The van der Waals surface area contributed by atoms with Crippen LogP contribution in [0.5, 0.6) is 0 Å². The quantitative estimate of drug-likeness (QED) is 0.510. The number of rotatable bonds is 6. The fourth-order valence-electron chi connectivity index (χ4n) is 4.15. The summed E-state index contributed by atoms with van der Waals surface area (Å²) in [4.78, 5) is 30.5. The van der Waals surface area contributed by atoms with E-state index < -0.39 is 11.9 Å². The number of fused-ring (bicyclic) bond motifs is 1. The summed E-state index contributed by atoms with van der Waals surface area (Å²) in [5, 5.41) is 15.8. The molecule has 1 aromatic carbocycles. The average Bonchev–Trinajstić information content (AvgIpc) is 3.22. The number of morpholine rings is 1. The summed E-state index contributed by atoms with van der Waals surface area (Å²) in [7, 11) is 0. The third-order valence-corrected chi connectivity index (χ3v) is 5.83. The molecular weight excluding hydrogens is 415 g/mol. The number of aliphatic hydroxyl groups excluding tert-OH is 1. The van der Waals surface area contributed by atoms with Gasteiger partial charge >= 0.3 is 0 Å². The number of benzene rings is 1. The number of nitrogens with zero attached hydrogens (tertiary/aromatic N) is 1. The highest BCUT2D eigenvalue weighted by atomic mass is 19.1. The van der Waals surface area contributed by atoms with E-state index >= 15 is 0 Å². The monoisotopic (exact) mass is 442 g/mol. The first kappa shape index (κ1) is 22.2. The minimum atomic E-state index is -0.688. The Hall–Kier alpha value is -3.01. The molecule has 1 aromatic heterocycles. The van der Waals surface area contributed by atoms with Gasteiger partial charge in [-0.2, -0.15) is 0 Å². The smallest absolute Gasteiger partial charge is 0.256 e. The van der Waals surface area contributed by atoms with Crippen molar-refractivity contribution < 1.29 is 23.8 Å². The number of β-amino-alcohol motifs (C(OH)–C–C–N with tert-alkyl or cyclic N) is 1. The maximum Gasteiger partial charge on any atom is 0.256 e. The van der Waals surface area contributed by atoms with Gasteiger partial charge in [-0.1, -0.05) is 0 Å². The van der Waals surface area contributed by atoms with E-state index in [1.165, 1.54) is 18.2 Å². The second-order valence-electron chi connectivity index (χ2n) is 8.14. The molecule has 8 nitrogen and oxygen atoms in total. The molecule has 170 valence electrons. The number of hydrogen-bond donors (Lipinski definition) is 4. The standard InChI is InChI=1S/C23H27FN4O4/c1-13-20(10-18-17-9-15(24)3-4-19(17)27-22(18)30)26-14(2)21(13)23(31)25-11-16(29)12-28-5-7-32-8-6-28/h3-4,9-10,16,26,29H,5-8,11-12H2,1-2H3,(H,25,31)(H,27,30)/t16-/m0/s1. The number of amides is 2. The Balaban J connectivity index is 1.47. The molecule has 1 atom stereocenters. The van der Waals surface area contributed by atoms with Crippen molar-refractivity contribution in [2.75, 3.05) is 44.7 Å². The number of aliphatic hydroxyl groups is 1. The van der Waals surface area contributed by atoms with Crippen molar-refractivity contribution in [3.05, 3.63) is 52.1 Å². The third kappa shape index (κ3) is 4.59. The number of nitrogens with one attached hydrogen (secondary N) is 3. The zero-order chi connectivity index (χ0) is 22.8. The summed E-state index contributed by atoms with van der Waals surface area (Å²) >= 11 is 0. The van der Waals surface area contributed by atoms with E-state index in [2.05, 4.69) is 20.5 Å². The summed E-state index contributed by atoms with van der Waals surface area (Å²) in [5.41, 5.74) is 3.75. The van der Waals surface area contributed by atoms with Crippen LogP contribution in [0.3, 0.4) is 0 Å². The number of anilines is 1. The van der Waals surface area contributed by atoms with Crippen LogP contribution in [0.2, 0.25) is 0 Å². The summed E-state index contributed by atoms with van der Waals surface area (Å²) in [5.74, 6) is -1.06. The molecule has 4 N–H and O–H groups in total. The molecule has 2 amide bonds. The van der Waals surface area contributed by atoms with Gasteiger partial charge < -0.3 is 25.5 Å². The van der Waals surface area contributed by atoms with Gasteiger partial charge in [0.1, 0.15) is 5.82 Å². The highest BCUT2D eigenvalue weighted by Gasteiger charge is 2.26. The van der Waals surface area contributed by atoms with Crippen LogP contribution in [-0.2, 0) is 9.53 Å². The van der Waals surface area contributed by atoms with Crippen LogP contribution in [0.25, 0.3) is 11.6 Å². The van der Waals surface area contributed by atoms with Crippen LogP contribution in [0.15, 0.2) is 18.2 Å². The first-order chi connectivity index (χ1) is 15.3. The molecule has 2 aliphatic rings. The van der Waals surface area contributed by atoms with Gasteiger partial charge in [0.25, 0.3) is 11.8 Å². The largest absolute Gasteiger partial charge is 0.390 e. The van der Waals surface area contributed by atoms with Crippen molar-refractivity contribution in [3.63, 3.8) is 0 Å². The van der Waals surface area contributed by atoms with Gasteiger partial charge in [-0.3, -0.25) is 14.5 Å². The van der Waals surface area contributed by atoms with Crippen molar-refractivity contribution in [2.45, 2.75) is 20.0 Å². The van der Waals surface area contributed by atoms with Crippen LogP contribution in [0, 0.1) is 19.7 Å². The SMILES string of the molecule is Cc1[nH]c(C=C2C(=O)Nc3ccc(F)cc32)c(C)c1C(=O)NC[C@H](O)CN1CCOCC1. The molecule has 0 bridgehead atoms. The van der Waals surface area contributed by atoms with Crippen LogP contribution in [0.4, 0.5) is 10.1 Å². The average molecular weight is 442 g/mol. The van der Waals surface area contributed by atoms with Crippen molar-refractivity contribution in [1.82, 2.24) is 15.2 Å².